The molecule has 0 radical (unpaired) electrons. The minimum Gasteiger partial charge on any atom is -0.322 e. The van der Waals surface area contributed by atoms with Crippen LogP contribution in [-0.4, -0.2) is 16.7 Å². The molecule has 0 fully saturated rings. The molecule has 3 aromatic carbocycles. The minimum atomic E-state index is -4.57. The number of alkyl halides is 3. The van der Waals surface area contributed by atoms with Gasteiger partial charge >= 0.3 is 6.18 Å². The van der Waals surface area contributed by atoms with Crippen molar-refractivity contribution in [1.29, 1.82) is 0 Å². The summed E-state index contributed by atoms with van der Waals surface area (Å²) in [7, 11) is 0. The molecule has 0 saturated carbocycles. The summed E-state index contributed by atoms with van der Waals surface area (Å²) >= 11 is 1.59. The summed E-state index contributed by atoms with van der Waals surface area (Å²) in [5.74, 6) is -0.373. The van der Waals surface area contributed by atoms with Crippen LogP contribution in [0.1, 0.15) is 38.4 Å². The quantitative estimate of drug-likeness (QED) is 0.211. The molecule has 0 spiro atoms. The van der Waals surface area contributed by atoms with E-state index in [1.807, 2.05) is 48.7 Å². The van der Waals surface area contributed by atoms with Crippen LogP contribution in [0.5, 0.6) is 0 Å². The minimum absolute atomic E-state index is 0.0160. The Bertz CT molecular complexity index is 1410. The number of amides is 1. The standard InChI is InChI=1S/C29H25F3N2OS/c1-19-17-25(28(35)33-23-12-14-24(36-3)15-13-23)20(2)34(19)27-16-11-22(18-26(27)29(30,31)32)10-9-21-7-5-4-6-8-21/h4-18H,1-3H3,(H,33,35)/b10-9+. The number of halogens is 3. The van der Waals surface area contributed by atoms with Crippen molar-refractivity contribution in [1.82, 2.24) is 4.57 Å². The number of aromatic nitrogens is 1. The molecular weight excluding hydrogens is 481 g/mol. The first-order chi connectivity index (χ1) is 17.2. The van der Waals surface area contributed by atoms with Gasteiger partial charge in [-0.3, -0.25) is 4.79 Å². The molecule has 0 aliphatic rings. The molecule has 0 aliphatic heterocycles. The second-order valence-corrected chi connectivity index (χ2v) is 9.20. The van der Waals surface area contributed by atoms with E-state index in [1.165, 1.54) is 10.6 Å². The Labute approximate surface area is 212 Å². The summed E-state index contributed by atoms with van der Waals surface area (Å²) in [5, 5.41) is 2.84. The van der Waals surface area contributed by atoms with E-state index in [1.54, 1.807) is 62.0 Å². The normalized spacial score (nSPS) is 11.7. The number of anilines is 1. The lowest BCUT2D eigenvalue weighted by molar-refractivity contribution is -0.137. The number of aryl methyl sites for hydroxylation is 1. The first-order valence-electron chi connectivity index (χ1n) is 11.3. The molecule has 36 heavy (non-hydrogen) atoms. The zero-order chi connectivity index (χ0) is 25.9. The van der Waals surface area contributed by atoms with Crippen LogP contribution < -0.4 is 5.32 Å². The van der Waals surface area contributed by atoms with Gasteiger partial charge in [0, 0.05) is 22.0 Å². The summed E-state index contributed by atoms with van der Waals surface area (Å²) in [6.45, 7) is 3.35. The van der Waals surface area contributed by atoms with E-state index >= 15 is 0 Å². The van der Waals surface area contributed by atoms with Crippen molar-refractivity contribution in [3.8, 4) is 5.69 Å². The summed E-state index contributed by atoms with van der Waals surface area (Å²) in [6.07, 6.45) is 0.820. The number of carbonyl (C=O) groups excluding carboxylic acids is 1. The first-order valence-corrected chi connectivity index (χ1v) is 12.5. The number of carbonyl (C=O) groups is 1. The fourth-order valence-electron chi connectivity index (χ4n) is 4.07. The lowest BCUT2D eigenvalue weighted by Crippen LogP contribution is -2.15. The van der Waals surface area contributed by atoms with E-state index in [2.05, 4.69) is 5.32 Å². The predicted octanol–water partition coefficient (Wildman–Crippen LogP) is 8.26. The highest BCUT2D eigenvalue weighted by atomic mass is 32.2. The molecule has 3 nitrogen and oxygen atoms in total. The highest BCUT2D eigenvalue weighted by Crippen LogP contribution is 2.37. The van der Waals surface area contributed by atoms with Crippen LogP contribution in [0.4, 0.5) is 18.9 Å². The maximum atomic E-state index is 14.1. The summed E-state index contributed by atoms with van der Waals surface area (Å²) < 4.78 is 43.9. The maximum Gasteiger partial charge on any atom is 0.418 e. The zero-order valence-corrected chi connectivity index (χ0v) is 20.9. The third-order valence-electron chi connectivity index (χ3n) is 5.86. The van der Waals surface area contributed by atoms with Crippen molar-refractivity contribution in [2.45, 2.75) is 24.9 Å². The van der Waals surface area contributed by atoms with Crippen molar-refractivity contribution in [3.05, 3.63) is 113 Å². The summed E-state index contributed by atoms with van der Waals surface area (Å²) in [5.41, 5.74) is 2.46. The molecule has 4 rings (SSSR count). The van der Waals surface area contributed by atoms with E-state index in [4.69, 9.17) is 0 Å². The zero-order valence-electron chi connectivity index (χ0n) is 20.1. The van der Waals surface area contributed by atoms with Crippen LogP contribution in [0.15, 0.2) is 83.8 Å². The highest BCUT2D eigenvalue weighted by molar-refractivity contribution is 7.98. The van der Waals surface area contributed by atoms with Crippen LogP contribution in [-0.2, 0) is 6.18 Å². The Morgan fingerprint density at radius 1 is 0.889 bits per heavy atom. The summed E-state index contributed by atoms with van der Waals surface area (Å²) in [6, 6.07) is 22.6. The molecule has 0 unspecified atom stereocenters. The van der Waals surface area contributed by atoms with E-state index in [0.717, 1.165) is 16.5 Å². The molecule has 1 N–H and O–H groups in total. The molecule has 4 aromatic rings. The van der Waals surface area contributed by atoms with Gasteiger partial charge in [0.2, 0.25) is 0 Å². The second kappa shape index (κ2) is 10.5. The van der Waals surface area contributed by atoms with Crippen molar-refractivity contribution in [2.75, 3.05) is 11.6 Å². The number of rotatable bonds is 6. The Hall–Kier alpha value is -3.71. The van der Waals surface area contributed by atoms with Gasteiger partial charge in [-0.1, -0.05) is 48.6 Å². The Kier molecular flexibility index (Phi) is 7.40. The molecule has 0 bridgehead atoms. The van der Waals surface area contributed by atoms with Crippen LogP contribution in [0.2, 0.25) is 0 Å². The number of benzene rings is 3. The average molecular weight is 507 g/mol. The van der Waals surface area contributed by atoms with Gasteiger partial charge in [0.1, 0.15) is 0 Å². The average Bonchev–Trinajstić information content (AvgIpc) is 3.17. The highest BCUT2D eigenvalue weighted by Gasteiger charge is 2.35. The molecule has 0 atom stereocenters. The Morgan fingerprint density at radius 3 is 2.19 bits per heavy atom. The molecule has 0 saturated heterocycles. The number of hydrogen-bond donors (Lipinski definition) is 1. The Morgan fingerprint density at radius 2 is 1.56 bits per heavy atom. The van der Waals surface area contributed by atoms with Crippen molar-refractivity contribution in [2.24, 2.45) is 0 Å². The van der Waals surface area contributed by atoms with Gasteiger partial charge in [0.25, 0.3) is 5.91 Å². The number of nitrogens with zero attached hydrogens (tertiary/aromatic N) is 1. The maximum absolute atomic E-state index is 14.1. The number of thioether (sulfide) groups is 1. The van der Waals surface area contributed by atoms with Gasteiger partial charge in [-0.2, -0.15) is 13.2 Å². The third kappa shape index (κ3) is 5.57. The molecule has 7 heteroatoms. The topological polar surface area (TPSA) is 34.0 Å². The van der Waals surface area contributed by atoms with Gasteiger partial charge in [-0.05, 0) is 73.7 Å². The SMILES string of the molecule is CSc1ccc(NC(=O)c2cc(C)n(-c3ccc(/C=C/c4ccccc4)cc3C(F)(F)F)c2C)cc1. The summed E-state index contributed by atoms with van der Waals surface area (Å²) in [4.78, 5) is 14.0. The van der Waals surface area contributed by atoms with E-state index in [9.17, 15) is 18.0 Å². The van der Waals surface area contributed by atoms with Crippen LogP contribution >= 0.6 is 11.8 Å². The molecule has 184 valence electrons. The molecule has 0 aliphatic carbocycles. The molecular formula is C29H25F3N2OS. The largest absolute Gasteiger partial charge is 0.418 e. The van der Waals surface area contributed by atoms with Crippen molar-refractivity contribution < 1.29 is 18.0 Å². The van der Waals surface area contributed by atoms with Gasteiger partial charge in [-0.25, -0.2) is 0 Å². The lowest BCUT2D eigenvalue weighted by Gasteiger charge is -2.18. The van der Waals surface area contributed by atoms with Gasteiger partial charge in [0.15, 0.2) is 0 Å². The first kappa shape index (κ1) is 25.4. The van der Waals surface area contributed by atoms with Crippen molar-refractivity contribution >= 4 is 35.5 Å². The molecule has 1 amide bonds. The van der Waals surface area contributed by atoms with Gasteiger partial charge in [0.05, 0.1) is 16.8 Å². The Balaban J connectivity index is 1.69. The van der Waals surface area contributed by atoms with E-state index < -0.39 is 11.7 Å². The third-order valence-corrected chi connectivity index (χ3v) is 6.60. The fourth-order valence-corrected chi connectivity index (χ4v) is 4.48. The van der Waals surface area contributed by atoms with Gasteiger partial charge in [-0.15, -0.1) is 11.8 Å². The van der Waals surface area contributed by atoms with E-state index in [0.29, 0.717) is 28.2 Å². The van der Waals surface area contributed by atoms with Crippen LogP contribution in [0, 0.1) is 13.8 Å². The lowest BCUT2D eigenvalue weighted by atomic mass is 10.1. The second-order valence-electron chi connectivity index (χ2n) is 8.32. The smallest absolute Gasteiger partial charge is 0.322 e. The number of hydrogen-bond acceptors (Lipinski definition) is 2. The predicted molar refractivity (Wildman–Crippen MR) is 142 cm³/mol. The van der Waals surface area contributed by atoms with E-state index in [-0.39, 0.29) is 11.6 Å². The molecule has 1 heterocycles. The monoisotopic (exact) mass is 506 g/mol. The molecule has 1 aromatic heterocycles. The fraction of sp³-hybridized carbons (Fsp3) is 0.138. The number of nitrogens with one attached hydrogen (secondary N) is 1. The van der Waals surface area contributed by atoms with Gasteiger partial charge < -0.3 is 9.88 Å². The van der Waals surface area contributed by atoms with Crippen LogP contribution in [0.3, 0.4) is 0 Å². The van der Waals surface area contributed by atoms with Crippen molar-refractivity contribution in [3.63, 3.8) is 0 Å². The van der Waals surface area contributed by atoms with Crippen LogP contribution in [0.25, 0.3) is 17.8 Å².